The highest BCUT2D eigenvalue weighted by molar-refractivity contribution is 5.96. The molecule has 6 nitrogen and oxygen atoms in total. The second kappa shape index (κ2) is 5.45. The molecule has 2 aromatic rings. The molecule has 6 heteroatoms. The lowest BCUT2D eigenvalue weighted by molar-refractivity contribution is 0.0779. The lowest BCUT2D eigenvalue weighted by Crippen LogP contribution is -2.27. The van der Waals surface area contributed by atoms with Gasteiger partial charge in [0.2, 0.25) is 0 Å². The fourth-order valence-corrected chi connectivity index (χ4v) is 1.88. The summed E-state index contributed by atoms with van der Waals surface area (Å²) in [5, 5.41) is 12.8. The molecule has 0 aliphatic rings. The maximum atomic E-state index is 12.2. The van der Waals surface area contributed by atoms with E-state index >= 15 is 0 Å². The Hall–Kier alpha value is -2.81. The molecule has 1 aromatic heterocycles. The first-order valence-electron chi connectivity index (χ1n) is 6.05. The normalized spacial score (nSPS) is 10.1. The summed E-state index contributed by atoms with van der Waals surface area (Å²) in [5.74, 6) is -0.229. The van der Waals surface area contributed by atoms with Gasteiger partial charge in [-0.2, -0.15) is 10.4 Å². The summed E-state index contributed by atoms with van der Waals surface area (Å²) in [6.07, 6.45) is 1.60. The van der Waals surface area contributed by atoms with Crippen LogP contribution >= 0.6 is 0 Å². The number of hydrogen-bond acceptors (Lipinski definition) is 4. The Morgan fingerprint density at radius 1 is 1.45 bits per heavy atom. The minimum atomic E-state index is -0.229. The highest BCUT2D eigenvalue weighted by Gasteiger charge is 2.18. The Morgan fingerprint density at radius 3 is 2.60 bits per heavy atom. The van der Waals surface area contributed by atoms with E-state index < -0.39 is 0 Å². The van der Waals surface area contributed by atoms with Crippen LogP contribution in [0, 0.1) is 11.3 Å². The average molecular weight is 269 g/mol. The van der Waals surface area contributed by atoms with Crippen LogP contribution in [0.2, 0.25) is 0 Å². The number of anilines is 1. The Labute approximate surface area is 117 Å². The number of nitrogens with zero attached hydrogens (tertiary/aromatic N) is 4. The first-order valence-corrected chi connectivity index (χ1v) is 6.05. The smallest absolute Gasteiger partial charge is 0.276 e. The number of aromatic nitrogens is 2. The number of carbonyl (C=O) groups is 1. The van der Waals surface area contributed by atoms with Crippen molar-refractivity contribution < 1.29 is 4.79 Å². The second-order valence-electron chi connectivity index (χ2n) is 4.58. The van der Waals surface area contributed by atoms with E-state index in [1.54, 1.807) is 37.3 Å². The number of nitriles is 1. The molecule has 20 heavy (non-hydrogen) atoms. The molecule has 2 N–H and O–H groups in total. The summed E-state index contributed by atoms with van der Waals surface area (Å²) in [6.45, 7) is 0.431. The summed E-state index contributed by atoms with van der Waals surface area (Å²) in [4.78, 5) is 13.8. The van der Waals surface area contributed by atoms with Crippen LogP contribution < -0.4 is 5.73 Å². The van der Waals surface area contributed by atoms with E-state index in [0.717, 1.165) is 5.56 Å². The first kappa shape index (κ1) is 13.6. The molecule has 0 saturated heterocycles. The molecule has 0 aliphatic heterocycles. The van der Waals surface area contributed by atoms with Gasteiger partial charge in [0.25, 0.3) is 5.91 Å². The fraction of sp³-hybridized carbons (Fsp3) is 0.214. The zero-order chi connectivity index (χ0) is 14.7. The maximum absolute atomic E-state index is 12.2. The van der Waals surface area contributed by atoms with Crippen molar-refractivity contribution in [1.82, 2.24) is 14.7 Å². The third-order valence-corrected chi connectivity index (χ3v) is 2.91. The summed E-state index contributed by atoms with van der Waals surface area (Å²) in [7, 11) is 3.41. The molecule has 0 aliphatic carbocycles. The molecule has 1 aromatic carbocycles. The number of carbonyl (C=O) groups excluding carboxylic acids is 1. The molecule has 1 heterocycles. The topological polar surface area (TPSA) is 87.9 Å². The van der Waals surface area contributed by atoms with Crippen molar-refractivity contribution in [2.24, 2.45) is 7.05 Å². The van der Waals surface area contributed by atoms with Gasteiger partial charge >= 0.3 is 0 Å². The van der Waals surface area contributed by atoms with Crippen molar-refractivity contribution >= 4 is 11.6 Å². The molecule has 0 spiro atoms. The number of amides is 1. The van der Waals surface area contributed by atoms with E-state index in [2.05, 4.69) is 11.2 Å². The summed E-state index contributed by atoms with van der Waals surface area (Å²) >= 11 is 0. The Kier molecular flexibility index (Phi) is 3.71. The van der Waals surface area contributed by atoms with Gasteiger partial charge in [-0.15, -0.1) is 0 Å². The van der Waals surface area contributed by atoms with Gasteiger partial charge in [-0.05, 0) is 17.7 Å². The molecule has 0 radical (unpaired) electrons. The molecule has 0 atom stereocenters. The predicted molar refractivity (Wildman–Crippen MR) is 74.6 cm³/mol. The van der Waals surface area contributed by atoms with E-state index in [1.165, 1.54) is 4.68 Å². The molecule has 2 rings (SSSR count). The van der Waals surface area contributed by atoms with Crippen LogP contribution in [-0.2, 0) is 13.6 Å². The molecular weight excluding hydrogens is 254 g/mol. The van der Waals surface area contributed by atoms with Crippen molar-refractivity contribution in [3.63, 3.8) is 0 Å². The van der Waals surface area contributed by atoms with Gasteiger partial charge < -0.3 is 10.6 Å². The number of benzene rings is 1. The van der Waals surface area contributed by atoms with Crippen LogP contribution in [0.5, 0.6) is 0 Å². The predicted octanol–water partition coefficient (Wildman–Crippen LogP) is 1.15. The van der Waals surface area contributed by atoms with Crippen molar-refractivity contribution in [3.8, 4) is 6.07 Å². The molecule has 0 fully saturated rings. The van der Waals surface area contributed by atoms with Crippen LogP contribution in [-0.4, -0.2) is 27.6 Å². The van der Waals surface area contributed by atoms with Crippen molar-refractivity contribution in [2.45, 2.75) is 6.54 Å². The third-order valence-electron chi connectivity index (χ3n) is 2.91. The van der Waals surface area contributed by atoms with E-state index in [1.807, 2.05) is 12.1 Å². The van der Waals surface area contributed by atoms with Crippen LogP contribution in [0.15, 0.2) is 30.5 Å². The van der Waals surface area contributed by atoms with Gasteiger partial charge in [0, 0.05) is 26.8 Å². The third kappa shape index (κ3) is 2.78. The Bertz CT molecular complexity index is 666. The van der Waals surface area contributed by atoms with E-state index in [4.69, 9.17) is 11.0 Å². The summed E-state index contributed by atoms with van der Waals surface area (Å²) in [5.41, 5.74) is 7.90. The zero-order valence-corrected chi connectivity index (χ0v) is 11.4. The zero-order valence-electron chi connectivity index (χ0n) is 11.4. The van der Waals surface area contributed by atoms with Crippen molar-refractivity contribution in [1.29, 1.82) is 5.26 Å². The van der Waals surface area contributed by atoms with Crippen LogP contribution in [0.25, 0.3) is 0 Å². The lowest BCUT2D eigenvalue weighted by atomic mass is 10.1. The largest absolute Gasteiger partial charge is 0.396 e. The van der Waals surface area contributed by atoms with E-state index in [-0.39, 0.29) is 11.6 Å². The van der Waals surface area contributed by atoms with Gasteiger partial charge in [0.05, 0.1) is 17.3 Å². The first-order chi connectivity index (χ1) is 9.51. The Morgan fingerprint density at radius 2 is 2.10 bits per heavy atom. The van der Waals surface area contributed by atoms with Gasteiger partial charge in [0.1, 0.15) is 0 Å². The van der Waals surface area contributed by atoms with Crippen molar-refractivity contribution in [3.05, 3.63) is 47.3 Å². The Balaban J connectivity index is 2.11. The highest BCUT2D eigenvalue weighted by atomic mass is 16.2. The monoisotopic (exact) mass is 269 g/mol. The molecule has 0 unspecified atom stereocenters. The molecular formula is C14H15N5O. The lowest BCUT2D eigenvalue weighted by Gasteiger charge is -2.16. The molecule has 1 amide bonds. The van der Waals surface area contributed by atoms with Gasteiger partial charge in [-0.25, -0.2) is 0 Å². The van der Waals surface area contributed by atoms with Gasteiger partial charge in [-0.1, -0.05) is 12.1 Å². The minimum Gasteiger partial charge on any atom is -0.396 e. The summed E-state index contributed by atoms with van der Waals surface area (Å²) < 4.78 is 1.51. The van der Waals surface area contributed by atoms with Crippen molar-refractivity contribution in [2.75, 3.05) is 12.8 Å². The number of nitrogen functional groups attached to an aromatic ring is 1. The van der Waals surface area contributed by atoms with E-state index in [0.29, 0.717) is 17.8 Å². The van der Waals surface area contributed by atoms with E-state index in [9.17, 15) is 4.79 Å². The average Bonchev–Trinajstić information content (AvgIpc) is 2.77. The minimum absolute atomic E-state index is 0.229. The quantitative estimate of drug-likeness (QED) is 0.905. The van der Waals surface area contributed by atoms with Crippen LogP contribution in [0.3, 0.4) is 0 Å². The SMILES string of the molecule is CN(Cc1ccc(C#N)cc1)C(=O)c1nn(C)cc1N. The number of rotatable bonds is 3. The number of aryl methyl sites for hydroxylation is 1. The second-order valence-corrected chi connectivity index (χ2v) is 4.58. The number of nitrogens with two attached hydrogens (primary N) is 1. The molecule has 102 valence electrons. The van der Waals surface area contributed by atoms with Gasteiger partial charge in [-0.3, -0.25) is 9.48 Å². The highest BCUT2D eigenvalue weighted by Crippen LogP contribution is 2.13. The van der Waals surface area contributed by atoms with Gasteiger partial charge in [0.15, 0.2) is 5.69 Å². The number of hydrogen-bond donors (Lipinski definition) is 1. The molecule has 0 bridgehead atoms. The molecule has 0 saturated carbocycles. The van der Waals surface area contributed by atoms with Crippen LogP contribution in [0.1, 0.15) is 21.6 Å². The summed E-state index contributed by atoms with van der Waals surface area (Å²) in [6, 6.07) is 9.15. The van der Waals surface area contributed by atoms with Crippen LogP contribution in [0.4, 0.5) is 5.69 Å². The standard InChI is InChI=1S/C14H15N5O/c1-18(8-11-5-3-10(7-15)4-6-11)14(20)13-12(16)9-19(2)17-13/h3-6,9H,8,16H2,1-2H3. The fourth-order valence-electron chi connectivity index (χ4n) is 1.88. The maximum Gasteiger partial charge on any atom is 0.276 e.